The molecule has 0 saturated heterocycles. The lowest BCUT2D eigenvalue weighted by Gasteiger charge is -2.05. The second kappa shape index (κ2) is 5.45. The fourth-order valence-electron chi connectivity index (χ4n) is 1.20. The molecule has 2 rings (SSSR count). The maximum absolute atomic E-state index is 13.6. The third-order valence-electron chi connectivity index (χ3n) is 2.02. The average Bonchev–Trinajstić information content (AvgIpc) is 2.34. The van der Waals surface area contributed by atoms with Crippen molar-refractivity contribution in [1.82, 2.24) is 9.97 Å². The van der Waals surface area contributed by atoms with E-state index < -0.39 is 11.8 Å². The molecule has 4 nitrogen and oxygen atoms in total. The van der Waals surface area contributed by atoms with Crippen molar-refractivity contribution >= 4 is 33.7 Å². The minimum atomic E-state index is -1.10. The number of aromatic nitrogens is 2. The Morgan fingerprint density at radius 3 is 2.89 bits per heavy atom. The summed E-state index contributed by atoms with van der Waals surface area (Å²) in [6.07, 6.45) is 2.88. The molecule has 92 valence electrons. The van der Waals surface area contributed by atoms with Gasteiger partial charge in [0.2, 0.25) is 0 Å². The van der Waals surface area contributed by atoms with Crippen molar-refractivity contribution in [2.75, 3.05) is 0 Å². The van der Waals surface area contributed by atoms with Crippen molar-refractivity contribution in [2.24, 2.45) is 0 Å². The van der Waals surface area contributed by atoms with Crippen LogP contribution in [-0.2, 0) is 0 Å². The molecule has 0 amide bonds. The summed E-state index contributed by atoms with van der Waals surface area (Å²) in [5, 5.41) is 9.37. The van der Waals surface area contributed by atoms with Gasteiger partial charge in [0.15, 0.2) is 0 Å². The number of nitrogens with zero attached hydrogens (tertiary/aromatic N) is 2. The van der Waals surface area contributed by atoms with Gasteiger partial charge in [-0.15, -0.1) is 0 Å². The fraction of sp³-hybridized carbons (Fsp3) is 0. The summed E-state index contributed by atoms with van der Waals surface area (Å²) in [6.45, 7) is 0. The van der Waals surface area contributed by atoms with Gasteiger partial charge in [0.1, 0.15) is 17.2 Å². The standard InChI is InChI=1S/C11H6BrFN2O2S/c12-7-4-14-5-15-10(7)18-9-3-6(11(16)17)1-2-8(9)13/h1-5H,(H,16,17). The highest BCUT2D eigenvalue weighted by atomic mass is 79.9. The van der Waals surface area contributed by atoms with Gasteiger partial charge in [-0.25, -0.2) is 19.2 Å². The summed E-state index contributed by atoms with van der Waals surface area (Å²) >= 11 is 4.28. The van der Waals surface area contributed by atoms with E-state index in [4.69, 9.17) is 5.11 Å². The molecule has 0 atom stereocenters. The third kappa shape index (κ3) is 2.85. The molecule has 1 aromatic carbocycles. The number of hydrogen-bond acceptors (Lipinski definition) is 4. The van der Waals surface area contributed by atoms with Gasteiger partial charge in [-0.2, -0.15) is 0 Å². The monoisotopic (exact) mass is 328 g/mol. The predicted octanol–water partition coefficient (Wildman–Crippen LogP) is 3.23. The van der Waals surface area contributed by atoms with Crippen molar-refractivity contribution in [3.63, 3.8) is 0 Å². The average molecular weight is 329 g/mol. The molecule has 1 heterocycles. The first-order valence-corrected chi connectivity index (χ1v) is 6.35. The molecule has 18 heavy (non-hydrogen) atoms. The Morgan fingerprint density at radius 2 is 2.22 bits per heavy atom. The van der Waals surface area contributed by atoms with Gasteiger partial charge in [0.25, 0.3) is 0 Å². The van der Waals surface area contributed by atoms with Crippen LogP contribution < -0.4 is 0 Å². The van der Waals surface area contributed by atoms with Crippen LogP contribution in [0.3, 0.4) is 0 Å². The summed E-state index contributed by atoms with van der Waals surface area (Å²) in [4.78, 5) is 18.8. The van der Waals surface area contributed by atoms with E-state index in [-0.39, 0.29) is 10.5 Å². The molecule has 1 aromatic heterocycles. The van der Waals surface area contributed by atoms with Gasteiger partial charge in [0.05, 0.1) is 14.9 Å². The molecule has 1 N–H and O–H groups in total. The van der Waals surface area contributed by atoms with Crippen LogP contribution in [0.15, 0.2) is 45.1 Å². The predicted molar refractivity (Wildman–Crippen MR) is 67.2 cm³/mol. The lowest BCUT2D eigenvalue weighted by atomic mass is 10.2. The Kier molecular flexibility index (Phi) is 3.93. The third-order valence-corrected chi connectivity index (χ3v) is 3.91. The zero-order chi connectivity index (χ0) is 13.1. The van der Waals surface area contributed by atoms with Gasteiger partial charge in [0, 0.05) is 6.20 Å². The van der Waals surface area contributed by atoms with Crippen molar-refractivity contribution in [3.05, 3.63) is 46.6 Å². The van der Waals surface area contributed by atoms with Crippen molar-refractivity contribution in [1.29, 1.82) is 0 Å². The molecule has 0 unspecified atom stereocenters. The Balaban J connectivity index is 2.37. The summed E-state index contributed by atoms with van der Waals surface area (Å²) < 4.78 is 14.2. The topological polar surface area (TPSA) is 63.1 Å². The lowest BCUT2D eigenvalue weighted by Crippen LogP contribution is -1.97. The van der Waals surface area contributed by atoms with Crippen LogP contribution in [0.4, 0.5) is 4.39 Å². The van der Waals surface area contributed by atoms with E-state index in [1.807, 2.05) is 0 Å². The van der Waals surface area contributed by atoms with Crippen molar-refractivity contribution in [3.8, 4) is 0 Å². The molecule has 2 aromatic rings. The Morgan fingerprint density at radius 1 is 1.44 bits per heavy atom. The number of carboxylic acid groups (broad SMARTS) is 1. The molecule has 0 fully saturated rings. The highest BCUT2D eigenvalue weighted by molar-refractivity contribution is 9.10. The largest absolute Gasteiger partial charge is 0.478 e. The summed E-state index contributed by atoms with van der Waals surface area (Å²) in [7, 11) is 0. The second-order valence-corrected chi connectivity index (χ2v) is 5.11. The number of carbonyl (C=O) groups is 1. The minimum Gasteiger partial charge on any atom is -0.478 e. The van der Waals surface area contributed by atoms with Crippen LogP contribution in [0.25, 0.3) is 0 Å². The SMILES string of the molecule is O=C(O)c1ccc(F)c(Sc2ncncc2Br)c1. The zero-order valence-corrected chi connectivity index (χ0v) is 11.2. The molecule has 0 aliphatic carbocycles. The molecular weight excluding hydrogens is 323 g/mol. The lowest BCUT2D eigenvalue weighted by molar-refractivity contribution is 0.0696. The number of carboxylic acids is 1. The van der Waals surface area contributed by atoms with Crippen LogP contribution in [0.5, 0.6) is 0 Å². The number of halogens is 2. The smallest absolute Gasteiger partial charge is 0.335 e. The second-order valence-electron chi connectivity index (χ2n) is 3.23. The maximum atomic E-state index is 13.6. The van der Waals surface area contributed by atoms with Gasteiger partial charge >= 0.3 is 5.97 Å². The van der Waals surface area contributed by atoms with E-state index in [9.17, 15) is 9.18 Å². The number of hydrogen-bond donors (Lipinski definition) is 1. The number of aromatic carboxylic acids is 1. The fourth-order valence-corrected chi connectivity index (χ4v) is 2.47. The maximum Gasteiger partial charge on any atom is 0.335 e. The van der Waals surface area contributed by atoms with Crippen LogP contribution in [-0.4, -0.2) is 21.0 Å². The number of benzene rings is 1. The highest BCUT2D eigenvalue weighted by Crippen LogP contribution is 2.33. The molecule has 0 spiro atoms. The van der Waals surface area contributed by atoms with Gasteiger partial charge in [-0.05, 0) is 34.1 Å². The first-order chi connectivity index (χ1) is 8.58. The molecule has 7 heteroatoms. The molecule has 0 saturated carbocycles. The number of rotatable bonds is 3. The van der Waals surface area contributed by atoms with E-state index in [0.717, 1.165) is 17.8 Å². The molecule has 0 bridgehead atoms. The first kappa shape index (κ1) is 13.0. The van der Waals surface area contributed by atoms with Gasteiger partial charge < -0.3 is 5.11 Å². The van der Waals surface area contributed by atoms with E-state index in [1.54, 1.807) is 0 Å². The first-order valence-electron chi connectivity index (χ1n) is 4.74. The Bertz CT molecular complexity index is 609. The molecule has 0 radical (unpaired) electrons. The van der Waals surface area contributed by atoms with E-state index >= 15 is 0 Å². The summed E-state index contributed by atoms with van der Waals surface area (Å²) in [6, 6.07) is 3.62. The van der Waals surface area contributed by atoms with E-state index in [2.05, 4.69) is 25.9 Å². The van der Waals surface area contributed by atoms with Crippen LogP contribution >= 0.6 is 27.7 Å². The van der Waals surface area contributed by atoms with Crippen LogP contribution in [0, 0.1) is 5.82 Å². The zero-order valence-electron chi connectivity index (χ0n) is 8.80. The van der Waals surface area contributed by atoms with Crippen LogP contribution in [0.1, 0.15) is 10.4 Å². The van der Waals surface area contributed by atoms with Gasteiger partial charge in [-0.3, -0.25) is 0 Å². The molecule has 0 aliphatic heterocycles. The quantitative estimate of drug-likeness (QED) is 0.876. The molecule has 0 aliphatic rings. The van der Waals surface area contributed by atoms with Gasteiger partial charge in [-0.1, -0.05) is 11.8 Å². The summed E-state index contributed by atoms with van der Waals surface area (Å²) in [5.74, 6) is -1.59. The molecular formula is C11H6BrFN2O2S. The Hall–Kier alpha value is -1.47. The van der Waals surface area contributed by atoms with E-state index in [1.165, 1.54) is 24.7 Å². The highest BCUT2D eigenvalue weighted by Gasteiger charge is 2.11. The van der Waals surface area contributed by atoms with Crippen molar-refractivity contribution < 1.29 is 14.3 Å². The van der Waals surface area contributed by atoms with E-state index in [0.29, 0.717) is 9.50 Å². The minimum absolute atomic E-state index is 0.0316. The van der Waals surface area contributed by atoms with Crippen molar-refractivity contribution in [2.45, 2.75) is 9.92 Å². The normalized spacial score (nSPS) is 10.3. The Labute approximate surface area is 114 Å². The van der Waals surface area contributed by atoms with Crippen LogP contribution in [0.2, 0.25) is 0 Å². The summed E-state index contributed by atoms with van der Waals surface area (Å²) in [5.41, 5.74) is 0.0316.